The van der Waals surface area contributed by atoms with E-state index in [0.717, 1.165) is 18.5 Å². The second-order valence-electron chi connectivity index (χ2n) is 4.24. The first-order valence-corrected chi connectivity index (χ1v) is 6.69. The summed E-state index contributed by atoms with van der Waals surface area (Å²) in [5.41, 5.74) is 3.53. The Morgan fingerprint density at radius 1 is 1.17 bits per heavy atom. The van der Waals surface area contributed by atoms with Crippen molar-refractivity contribution in [2.24, 2.45) is 0 Å². The van der Waals surface area contributed by atoms with Gasteiger partial charge in [-0.05, 0) is 41.8 Å². The van der Waals surface area contributed by atoms with E-state index in [-0.39, 0.29) is 6.04 Å². The van der Waals surface area contributed by atoms with Crippen LogP contribution in [0.25, 0.3) is 0 Å². The van der Waals surface area contributed by atoms with Gasteiger partial charge in [0.15, 0.2) is 5.22 Å². The minimum absolute atomic E-state index is 0.0900. The average molecular weight is 264 g/mol. The number of nitrogens with one attached hydrogen (secondary N) is 1. The smallest absolute Gasteiger partial charge is 0.198 e. The van der Waals surface area contributed by atoms with Crippen LogP contribution >= 0.6 is 11.6 Å². The van der Waals surface area contributed by atoms with E-state index in [0.29, 0.717) is 5.22 Å². The van der Waals surface area contributed by atoms with E-state index in [9.17, 15) is 0 Å². The largest absolute Gasteiger partial charge is 0.453 e. The molecule has 0 saturated heterocycles. The number of hydrogen-bond acceptors (Lipinski definition) is 2. The average Bonchev–Trinajstić information content (AvgIpc) is 2.82. The maximum Gasteiger partial charge on any atom is 0.198 e. The SMILES string of the molecule is CCNC(c1ccc(CC)cc1)c1ccoc1Cl. The van der Waals surface area contributed by atoms with Gasteiger partial charge in [0.2, 0.25) is 0 Å². The first kappa shape index (κ1) is 13.2. The van der Waals surface area contributed by atoms with Crippen LogP contribution in [0.4, 0.5) is 0 Å². The molecule has 2 aromatic rings. The summed E-state index contributed by atoms with van der Waals surface area (Å²) < 4.78 is 5.18. The fourth-order valence-corrected chi connectivity index (χ4v) is 2.29. The molecule has 1 heterocycles. The fraction of sp³-hybridized carbons (Fsp3) is 0.333. The number of rotatable bonds is 5. The Bertz CT molecular complexity index is 489. The van der Waals surface area contributed by atoms with Crippen molar-refractivity contribution < 1.29 is 4.42 Å². The molecule has 18 heavy (non-hydrogen) atoms. The van der Waals surface area contributed by atoms with Gasteiger partial charge in [0, 0.05) is 5.56 Å². The van der Waals surface area contributed by atoms with Crippen LogP contribution in [-0.4, -0.2) is 6.54 Å². The summed E-state index contributed by atoms with van der Waals surface area (Å²) in [6.07, 6.45) is 2.68. The van der Waals surface area contributed by atoms with Gasteiger partial charge in [-0.2, -0.15) is 0 Å². The number of benzene rings is 1. The fourth-order valence-electron chi connectivity index (χ4n) is 2.07. The molecule has 0 aliphatic rings. The van der Waals surface area contributed by atoms with Gasteiger partial charge in [0.05, 0.1) is 12.3 Å². The Morgan fingerprint density at radius 3 is 2.39 bits per heavy atom. The second kappa shape index (κ2) is 6.07. The first-order valence-electron chi connectivity index (χ1n) is 6.31. The Balaban J connectivity index is 2.32. The molecule has 96 valence electrons. The Kier molecular flexibility index (Phi) is 4.45. The van der Waals surface area contributed by atoms with Crippen molar-refractivity contribution in [3.8, 4) is 0 Å². The van der Waals surface area contributed by atoms with Gasteiger partial charge in [0.25, 0.3) is 0 Å². The molecule has 2 nitrogen and oxygen atoms in total. The first-order chi connectivity index (χ1) is 8.76. The van der Waals surface area contributed by atoms with Gasteiger partial charge >= 0.3 is 0 Å². The van der Waals surface area contributed by atoms with Crippen LogP contribution in [0.3, 0.4) is 0 Å². The van der Waals surface area contributed by atoms with Crippen LogP contribution in [0, 0.1) is 0 Å². The Labute approximate surface area is 113 Å². The van der Waals surface area contributed by atoms with Crippen molar-refractivity contribution in [2.45, 2.75) is 26.3 Å². The van der Waals surface area contributed by atoms with E-state index in [1.54, 1.807) is 6.26 Å². The molecule has 1 aromatic carbocycles. The van der Waals surface area contributed by atoms with Crippen LogP contribution in [0.1, 0.15) is 36.6 Å². The van der Waals surface area contributed by atoms with Crippen LogP contribution in [-0.2, 0) is 6.42 Å². The number of halogens is 1. The summed E-state index contributed by atoms with van der Waals surface area (Å²) >= 11 is 6.07. The molecule has 0 amide bonds. The third-order valence-electron chi connectivity index (χ3n) is 3.09. The number of hydrogen-bond donors (Lipinski definition) is 1. The molecule has 0 aliphatic heterocycles. The lowest BCUT2D eigenvalue weighted by molar-refractivity contribution is 0.555. The molecule has 0 spiro atoms. The molecular formula is C15H18ClNO. The highest BCUT2D eigenvalue weighted by Gasteiger charge is 2.17. The van der Waals surface area contributed by atoms with Crippen molar-refractivity contribution in [1.29, 1.82) is 0 Å². The van der Waals surface area contributed by atoms with Gasteiger partial charge in [0.1, 0.15) is 0 Å². The van der Waals surface area contributed by atoms with E-state index < -0.39 is 0 Å². The molecule has 0 saturated carbocycles. The molecule has 1 unspecified atom stereocenters. The van der Waals surface area contributed by atoms with Gasteiger partial charge in [-0.25, -0.2) is 0 Å². The minimum atomic E-state index is 0.0900. The van der Waals surface area contributed by atoms with Crippen molar-refractivity contribution in [3.63, 3.8) is 0 Å². The summed E-state index contributed by atoms with van der Waals surface area (Å²) in [6, 6.07) is 10.6. The molecule has 1 atom stereocenters. The van der Waals surface area contributed by atoms with E-state index in [1.807, 2.05) is 6.07 Å². The maximum atomic E-state index is 6.07. The number of aryl methyl sites for hydroxylation is 1. The highest BCUT2D eigenvalue weighted by Crippen LogP contribution is 2.29. The van der Waals surface area contributed by atoms with E-state index in [1.165, 1.54) is 11.1 Å². The zero-order chi connectivity index (χ0) is 13.0. The standard InChI is InChI=1S/C15H18ClNO/c1-3-11-5-7-12(8-6-11)14(17-4-2)13-9-10-18-15(13)16/h5-10,14,17H,3-4H2,1-2H3. The van der Waals surface area contributed by atoms with Gasteiger partial charge in [-0.3, -0.25) is 0 Å². The van der Waals surface area contributed by atoms with Crippen molar-refractivity contribution >= 4 is 11.6 Å². The van der Waals surface area contributed by atoms with Crippen LogP contribution in [0.5, 0.6) is 0 Å². The predicted octanol–water partition coefficient (Wildman–Crippen LogP) is 4.19. The summed E-state index contributed by atoms with van der Waals surface area (Å²) in [6.45, 7) is 5.12. The van der Waals surface area contributed by atoms with Crippen molar-refractivity contribution in [2.75, 3.05) is 6.54 Å². The number of furan rings is 1. The Hall–Kier alpha value is -1.25. The quantitative estimate of drug-likeness (QED) is 0.875. The van der Waals surface area contributed by atoms with Crippen LogP contribution in [0.2, 0.25) is 5.22 Å². The normalized spacial score (nSPS) is 12.6. The molecular weight excluding hydrogens is 246 g/mol. The summed E-state index contributed by atoms with van der Waals surface area (Å²) in [7, 11) is 0. The van der Waals surface area contributed by atoms with Gasteiger partial charge in [-0.1, -0.05) is 38.1 Å². The van der Waals surface area contributed by atoms with Crippen molar-refractivity contribution in [3.05, 3.63) is 58.5 Å². The van der Waals surface area contributed by atoms with Crippen LogP contribution < -0.4 is 5.32 Å². The lowest BCUT2D eigenvalue weighted by Crippen LogP contribution is -2.21. The summed E-state index contributed by atoms with van der Waals surface area (Å²) in [5.74, 6) is 0. The zero-order valence-corrected chi connectivity index (χ0v) is 11.5. The minimum Gasteiger partial charge on any atom is -0.453 e. The molecule has 3 heteroatoms. The van der Waals surface area contributed by atoms with E-state index in [2.05, 4.69) is 43.4 Å². The predicted molar refractivity (Wildman–Crippen MR) is 75.1 cm³/mol. The third kappa shape index (κ3) is 2.77. The van der Waals surface area contributed by atoms with Gasteiger partial charge < -0.3 is 9.73 Å². The van der Waals surface area contributed by atoms with Gasteiger partial charge in [-0.15, -0.1) is 0 Å². The lowest BCUT2D eigenvalue weighted by Gasteiger charge is -2.17. The Morgan fingerprint density at radius 2 is 1.89 bits per heavy atom. The van der Waals surface area contributed by atoms with Crippen molar-refractivity contribution in [1.82, 2.24) is 5.32 Å². The second-order valence-corrected chi connectivity index (χ2v) is 4.58. The van der Waals surface area contributed by atoms with Crippen LogP contribution in [0.15, 0.2) is 41.0 Å². The molecule has 0 radical (unpaired) electrons. The molecule has 0 fully saturated rings. The molecule has 1 aromatic heterocycles. The summed E-state index contributed by atoms with van der Waals surface area (Å²) in [5, 5.41) is 3.89. The van der Waals surface area contributed by atoms with E-state index in [4.69, 9.17) is 16.0 Å². The van der Waals surface area contributed by atoms with E-state index >= 15 is 0 Å². The molecule has 0 bridgehead atoms. The third-order valence-corrected chi connectivity index (χ3v) is 3.39. The maximum absolute atomic E-state index is 6.07. The molecule has 1 N–H and O–H groups in total. The highest BCUT2D eigenvalue weighted by atomic mass is 35.5. The molecule has 0 aliphatic carbocycles. The highest BCUT2D eigenvalue weighted by molar-refractivity contribution is 6.29. The monoisotopic (exact) mass is 263 g/mol. The summed E-state index contributed by atoms with van der Waals surface area (Å²) in [4.78, 5) is 0. The topological polar surface area (TPSA) is 25.2 Å². The zero-order valence-electron chi connectivity index (χ0n) is 10.7. The lowest BCUT2D eigenvalue weighted by atomic mass is 9.99. The molecule has 2 rings (SSSR count).